The Morgan fingerprint density at radius 1 is 1.21 bits per heavy atom. The third kappa shape index (κ3) is 6.23. The summed E-state index contributed by atoms with van der Waals surface area (Å²) in [5, 5.41) is 2.69. The van der Waals surface area contributed by atoms with Crippen molar-refractivity contribution in [1.82, 2.24) is 9.88 Å². The van der Waals surface area contributed by atoms with Crippen LogP contribution in [0.4, 0.5) is 15.3 Å². The van der Waals surface area contributed by atoms with Gasteiger partial charge in [-0.3, -0.25) is 5.32 Å². The van der Waals surface area contributed by atoms with Gasteiger partial charge in [0.2, 0.25) is 0 Å². The Labute approximate surface area is 170 Å². The summed E-state index contributed by atoms with van der Waals surface area (Å²) in [4.78, 5) is 29.6. The number of rotatable bonds is 4. The number of carbonyl (C=O) groups excluding carboxylic acids is 2. The van der Waals surface area contributed by atoms with Crippen LogP contribution in [0.15, 0.2) is 41.3 Å². The van der Waals surface area contributed by atoms with Crippen molar-refractivity contribution in [1.29, 1.82) is 0 Å². The van der Waals surface area contributed by atoms with Gasteiger partial charge in [0.1, 0.15) is 5.60 Å². The molecule has 0 aliphatic carbocycles. The first-order valence-corrected chi connectivity index (χ1v) is 9.69. The van der Waals surface area contributed by atoms with Gasteiger partial charge in [-0.05, 0) is 57.2 Å². The van der Waals surface area contributed by atoms with Crippen LogP contribution in [0, 0.1) is 0 Å². The molecular formula is C21H27N3O5. The first-order valence-electron chi connectivity index (χ1n) is 9.69. The molecule has 0 bridgehead atoms. The average molecular weight is 401 g/mol. The van der Waals surface area contributed by atoms with E-state index in [0.29, 0.717) is 30.5 Å². The van der Waals surface area contributed by atoms with Crippen LogP contribution in [-0.2, 0) is 16.1 Å². The van der Waals surface area contributed by atoms with E-state index in [1.54, 1.807) is 4.90 Å². The molecule has 1 aromatic heterocycles. The second-order valence-corrected chi connectivity index (χ2v) is 8.03. The maximum Gasteiger partial charge on any atom is 0.412 e. The van der Waals surface area contributed by atoms with Gasteiger partial charge in [0, 0.05) is 18.8 Å². The van der Waals surface area contributed by atoms with Crippen LogP contribution < -0.4 is 5.32 Å². The number of piperidine rings is 1. The van der Waals surface area contributed by atoms with Gasteiger partial charge in [0.25, 0.3) is 0 Å². The van der Waals surface area contributed by atoms with Crippen LogP contribution in [-0.4, -0.2) is 40.8 Å². The van der Waals surface area contributed by atoms with Gasteiger partial charge in [-0.2, -0.15) is 0 Å². The lowest BCUT2D eigenvalue weighted by Crippen LogP contribution is -2.41. The summed E-state index contributed by atoms with van der Waals surface area (Å²) in [5.41, 5.74) is 1.36. The van der Waals surface area contributed by atoms with E-state index in [1.807, 2.05) is 45.0 Å². The number of aromatic nitrogens is 1. The van der Waals surface area contributed by atoms with E-state index in [9.17, 15) is 9.59 Å². The van der Waals surface area contributed by atoms with Crippen LogP contribution in [0.1, 0.15) is 50.9 Å². The molecule has 1 saturated heterocycles. The normalized spacial score (nSPS) is 15.1. The smallest absolute Gasteiger partial charge is 0.412 e. The summed E-state index contributed by atoms with van der Waals surface area (Å²) in [7, 11) is 0. The van der Waals surface area contributed by atoms with Gasteiger partial charge < -0.3 is 18.8 Å². The van der Waals surface area contributed by atoms with E-state index in [2.05, 4.69) is 10.3 Å². The highest BCUT2D eigenvalue weighted by molar-refractivity contribution is 5.84. The number of amides is 2. The molecule has 1 aliphatic heterocycles. The zero-order valence-electron chi connectivity index (χ0n) is 17.0. The van der Waals surface area contributed by atoms with E-state index < -0.39 is 11.7 Å². The molecule has 1 aliphatic rings. The third-order valence-corrected chi connectivity index (χ3v) is 4.60. The molecule has 156 valence electrons. The van der Waals surface area contributed by atoms with Gasteiger partial charge >= 0.3 is 12.2 Å². The molecule has 1 aromatic carbocycles. The number of hydrogen-bond acceptors (Lipinski definition) is 6. The second kappa shape index (κ2) is 8.98. The Bertz CT molecular complexity index is 804. The van der Waals surface area contributed by atoms with Gasteiger partial charge in [0.05, 0.1) is 6.20 Å². The molecule has 0 radical (unpaired) electrons. The van der Waals surface area contributed by atoms with Crippen LogP contribution in [0.5, 0.6) is 0 Å². The van der Waals surface area contributed by atoms with Crippen LogP contribution in [0.3, 0.4) is 0 Å². The molecule has 29 heavy (non-hydrogen) atoms. The number of anilines is 1. The van der Waals surface area contributed by atoms with Crippen molar-refractivity contribution in [3.63, 3.8) is 0 Å². The van der Waals surface area contributed by atoms with Crippen molar-refractivity contribution < 1.29 is 23.5 Å². The van der Waals surface area contributed by atoms with Gasteiger partial charge in [-0.15, -0.1) is 0 Å². The molecule has 1 N–H and O–H groups in total. The lowest BCUT2D eigenvalue weighted by atomic mass is 9.89. The zero-order valence-corrected chi connectivity index (χ0v) is 17.0. The van der Waals surface area contributed by atoms with Crippen molar-refractivity contribution in [2.45, 2.75) is 51.7 Å². The monoisotopic (exact) mass is 401 g/mol. The number of ether oxygens (including phenoxy) is 2. The highest BCUT2D eigenvalue weighted by Gasteiger charge is 2.27. The molecule has 3 rings (SSSR count). The molecule has 2 aromatic rings. The highest BCUT2D eigenvalue weighted by atomic mass is 16.6. The number of hydrogen-bond donors (Lipinski definition) is 1. The molecule has 2 heterocycles. The van der Waals surface area contributed by atoms with E-state index >= 15 is 0 Å². The van der Waals surface area contributed by atoms with E-state index in [1.165, 1.54) is 18.2 Å². The van der Waals surface area contributed by atoms with E-state index in [-0.39, 0.29) is 12.7 Å². The number of nitrogens with zero attached hydrogens (tertiary/aromatic N) is 2. The number of benzene rings is 1. The van der Waals surface area contributed by atoms with Crippen LogP contribution in [0.25, 0.3) is 0 Å². The Hall–Kier alpha value is -3.03. The summed E-state index contributed by atoms with van der Waals surface area (Å²) >= 11 is 0. The standard InChI is InChI=1S/C21H27N3O5/c1-21(2,3)29-20(26)24-10-8-16(9-11-24)15-4-6-17(7-5-15)23-19(25)27-13-18-12-22-14-28-18/h4-7,12,14,16H,8-11,13H2,1-3H3,(H,23,25). The van der Waals surface area contributed by atoms with Gasteiger partial charge in [0.15, 0.2) is 18.8 Å². The maximum absolute atomic E-state index is 12.2. The van der Waals surface area contributed by atoms with Gasteiger partial charge in [-0.25, -0.2) is 14.6 Å². The molecule has 0 spiro atoms. The van der Waals surface area contributed by atoms with Crippen molar-refractivity contribution in [3.05, 3.63) is 48.2 Å². The minimum absolute atomic E-state index is 0.0279. The van der Waals surface area contributed by atoms with Gasteiger partial charge in [-0.1, -0.05) is 12.1 Å². The quantitative estimate of drug-likeness (QED) is 0.808. The number of carbonyl (C=O) groups is 2. The Morgan fingerprint density at radius 2 is 1.90 bits per heavy atom. The topological polar surface area (TPSA) is 93.9 Å². The fourth-order valence-corrected chi connectivity index (χ4v) is 3.16. The molecule has 1 fully saturated rings. The molecule has 0 unspecified atom stereocenters. The largest absolute Gasteiger partial charge is 0.445 e. The first kappa shape index (κ1) is 20.7. The Kier molecular flexibility index (Phi) is 6.41. The predicted molar refractivity (Wildman–Crippen MR) is 107 cm³/mol. The van der Waals surface area contributed by atoms with Crippen molar-refractivity contribution in [2.75, 3.05) is 18.4 Å². The van der Waals surface area contributed by atoms with Crippen molar-refractivity contribution >= 4 is 17.9 Å². The molecule has 2 amide bonds. The molecular weight excluding hydrogens is 374 g/mol. The average Bonchev–Trinajstić information content (AvgIpc) is 3.19. The number of nitrogens with one attached hydrogen (secondary N) is 1. The molecule has 8 nitrogen and oxygen atoms in total. The molecule has 8 heteroatoms. The number of oxazole rings is 1. The zero-order chi connectivity index (χ0) is 20.9. The summed E-state index contributed by atoms with van der Waals surface area (Å²) in [6, 6.07) is 7.70. The fourth-order valence-electron chi connectivity index (χ4n) is 3.16. The minimum Gasteiger partial charge on any atom is -0.445 e. The summed E-state index contributed by atoms with van der Waals surface area (Å²) in [5.74, 6) is 0.856. The van der Waals surface area contributed by atoms with Crippen LogP contribution in [0.2, 0.25) is 0 Å². The lowest BCUT2D eigenvalue weighted by Gasteiger charge is -2.33. The molecule has 0 saturated carbocycles. The van der Waals surface area contributed by atoms with E-state index in [4.69, 9.17) is 13.9 Å². The minimum atomic E-state index is -0.556. The fraction of sp³-hybridized carbons (Fsp3) is 0.476. The Morgan fingerprint density at radius 3 is 2.48 bits per heavy atom. The maximum atomic E-state index is 12.2. The summed E-state index contributed by atoms with van der Waals surface area (Å²) in [6.45, 7) is 6.99. The lowest BCUT2D eigenvalue weighted by molar-refractivity contribution is 0.0205. The van der Waals surface area contributed by atoms with E-state index in [0.717, 1.165) is 12.8 Å². The SMILES string of the molecule is CC(C)(C)OC(=O)N1CCC(c2ccc(NC(=O)OCc3cnco3)cc2)CC1. The number of likely N-dealkylation sites (tertiary alicyclic amines) is 1. The van der Waals surface area contributed by atoms with Crippen molar-refractivity contribution in [3.8, 4) is 0 Å². The summed E-state index contributed by atoms with van der Waals surface area (Å²) in [6.07, 6.45) is 3.74. The van der Waals surface area contributed by atoms with Crippen molar-refractivity contribution in [2.24, 2.45) is 0 Å². The summed E-state index contributed by atoms with van der Waals surface area (Å²) < 4.78 is 15.5. The first-order chi connectivity index (χ1) is 13.8. The van der Waals surface area contributed by atoms with Crippen LogP contribution >= 0.6 is 0 Å². The molecule has 0 atom stereocenters. The second-order valence-electron chi connectivity index (χ2n) is 8.03. The highest BCUT2D eigenvalue weighted by Crippen LogP contribution is 2.29. The predicted octanol–water partition coefficient (Wildman–Crippen LogP) is 4.54. The third-order valence-electron chi connectivity index (χ3n) is 4.60. The Balaban J connectivity index is 1.45.